The lowest BCUT2D eigenvalue weighted by atomic mass is 10.2. The standard InChI is InChI=1S/C14H24N2OS/c1-4-13-5-6-14(18-13)10-16-9-12(17)7-11(16)8-15(2)3/h5-6,11-12,17H,4,7-10H2,1-3H3. The first-order valence-corrected chi connectivity index (χ1v) is 7.54. The summed E-state index contributed by atoms with van der Waals surface area (Å²) >= 11 is 1.90. The van der Waals surface area contributed by atoms with Gasteiger partial charge in [-0.05, 0) is 39.1 Å². The predicted molar refractivity (Wildman–Crippen MR) is 77.1 cm³/mol. The molecule has 1 aliphatic heterocycles. The Balaban J connectivity index is 1.97. The van der Waals surface area contributed by atoms with Crippen LogP contribution in [-0.2, 0) is 13.0 Å². The van der Waals surface area contributed by atoms with Crippen molar-refractivity contribution < 1.29 is 5.11 Å². The summed E-state index contributed by atoms with van der Waals surface area (Å²) in [5.74, 6) is 0. The summed E-state index contributed by atoms with van der Waals surface area (Å²) in [6.07, 6.45) is 1.87. The second-order valence-corrected chi connectivity index (χ2v) is 6.71. The molecule has 102 valence electrons. The summed E-state index contributed by atoms with van der Waals surface area (Å²) in [6.45, 7) is 5.03. The van der Waals surface area contributed by atoms with Gasteiger partial charge in [-0.15, -0.1) is 11.3 Å². The first-order chi connectivity index (χ1) is 8.58. The maximum atomic E-state index is 9.86. The van der Waals surface area contributed by atoms with Crippen molar-refractivity contribution in [2.45, 2.75) is 38.5 Å². The van der Waals surface area contributed by atoms with Gasteiger partial charge in [-0.25, -0.2) is 0 Å². The SMILES string of the molecule is CCc1ccc(CN2CC(O)CC2CN(C)C)s1. The molecule has 1 saturated heterocycles. The number of thiophene rings is 1. The van der Waals surface area contributed by atoms with Gasteiger partial charge in [0.1, 0.15) is 0 Å². The Morgan fingerprint density at radius 3 is 2.72 bits per heavy atom. The highest BCUT2D eigenvalue weighted by Crippen LogP contribution is 2.24. The van der Waals surface area contributed by atoms with Gasteiger partial charge >= 0.3 is 0 Å². The van der Waals surface area contributed by atoms with E-state index < -0.39 is 0 Å². The Bertz CT molecular complexity index is 378. The molecule has 0 saturated carbocycles. The molecule has 18 heavy (non-hydrogen) atoms. The second-order valence-electron chi connectivity index (χ2n) is 5.46. The van der Waals surface area contributed by atoms with E-state index >= 15 is 0 Å². The van der Waals surface area contributed by atoms with Crippen molar-refractivity contribution in [2.24, 2.45) is 0 Å². The number of aliphatic hydroxyl groups excluding tert-OH is 1. The lowest BCUT2D eigenvalue weighted by Crippen LogP contribution is -2.36. The summed E-state index contributed by atoms with van der Waals surface area (Å²) < 4.78 is 0. The van der Waals surface area contributed by atoms with E-state index in [1.807, 2.05) is 11.3 Å². The molecule has 1 fully saturated rings. The minimum absolute atomic E-state index is 0.152. The first-order valence-electron chi connectivity index (χ1n) is 6.73. The summed E-state index contributed by atoms with van der Waals surface area (Å²) in [6, 6.07) is 4.95. The predicted octanol–water partition coefficient (Wildman–Crippen LogP) is 1.81. The van der Waals surface area contributed by atoms with Crippen LogP contribution in [0.15, 0.2) is 12.1 Å². The van der Waals surface area contributed by atoms with Gasteiger partial charge in [0.2, 0.25) is 0 Å². The van der Waals surface area contributed by atoms with Crippen molar-refractivity contribution >= 4 is 11.3 Å². The fraction of sp³-hybridized carbons (Fsp3) is 0.714. The van der Waals surface area contributed by atoms with E-state index in [2.05, 4.69) is 43.0 Å². The number of nitrogens with zero attached hydrogens (tertiary/aromatic N) is 2. The third-order valence-electron chi connectivity index (χ3n) is 3.51. The highest BCUT2D eigenvalue weighted by atomic mass is 32.1. The van der Waals surface area contributed by atoms with Crippen LogP contribution in [0.25, 0.3) is 0 Å². The molecule has 0 radical (unpaired) electrons. The minimum atomic E-state index is -0.152. The van der Waals surface area contributed by atoms with Crippen molar-refractivity contribution in [3.63, 3.8) is 0 Å². The van der Waals surface area contributed by atoms with E-state index in [0.29, 0.717) is 6.04 Å². The number of aliphatic hydroxyl groups is 1. The molecular weight excluding hydrogens is 244 g/mol. The van der Waals surface area contributed by atoms with E-state index in [9.17, 15) is 5.11 Å². The molecular formula is C14H24N2OS. The average molecular weight is 268 g/mol. The molecule has 2 atom stereocenters. The van der Waals surface area contributed by atoms with Gasteiger partial charge in [0.15, 0.2) is 0 Å². The number of rotatable bonds is 5. The van der Waals surface area contributed by atoms with E-state index in [-0.39, 0.29) is 6.10 Å². The van der Waals surface area contributed by atoms with E-state index in [1.54, 1.807) is 0 Å². The van der Waals surface area contributed by atoms with Crippen LogP contribution in [0.1, 0.15) is 23.1 Å². The highest BCUT2D eigenvalue weighted by Gasteiger charge is 2.31. The largest absolute Gasteiger partial charge is 0.392 e. The van der Waals surface area contributed by atoms with Gasteiger partial charge in [0.05, 0.1) is 6.10 Å². The molecule has 2 heterocycles. The molecule has 1 aliphatic rings. The molecule has 4 heteroatoms. The van der Waals surface area contributed by atoms with Crippen molar-refractivity contribution in [3.05, 3.63) is 21.9 Å². The molecule has 2 unspecified atom stereocenters. The van der Waals surface area contributed by atoms with Gasteiger partial charge in [-0.1, -0.05) is 6.92 Å². The van der Waals surface area contributed by atoms with Crippen molar-refractivity contribution in [1.29, 1.82) is 0 Å². The molecule has 1 aromatic rings. The van der Waals surface area contributed by atoms with Crippen molar-refractivity contribution in [1.82, 2.24) is 9.80 Å². The Morgan fingerprint density at radius 1 is 1.39 bits per heavy atom. The third-order valence-corrected chi connectivity index (χ3v) is 4.72. The van der Waals surface area contributed by atoms with Gasteiger partial charge in [-0.3, -0.25) is 4.90 Å². The molecule has 1 aromatic heterocycles. The third kappa shape index (κ3) is 3.54. The minimum Gasteiger partial charge on any atom is -0.392 e. The van der Waals surface area contributed by atoms with Crippen LogP contribution in [0.2, 0.25) is 0 Å². The molecule has 1 N–H and O–H groups in total. The molecule has 0 bridgehead atoms. The van der Waals surface area contributed by atoms with Gasteiger partial charge in [0.25, 0.3) is 0 Å². The summed E-state index contributed by atoms with van der Waals surface area (Å²) in [7, 11) is 4.20. The number of hydrogen-bond acceptors (Lipinski definition) is 4. The lowest BCUT2D eigenvalue weighted by Gasteiger charge is -2.26. The zero-order chi connectivity index (χ0) is 13.1. The van der Waals surface area contributed by atoms with Gasteiger partial charge in [0, 0.05) is 35.4 Å². The fourth-order valence-corrected chi connectivity index (χ4v) is 3.64. The maximum absolute atomic E-state index is 9.86. The zero-order valence-corrected chi connectivity index (χ0v) is 12.4. The van der Waals surface area contributed by atoms with E-state index in [1.165, 1.54) is 9.75 Å². The summed E-state index contributed by atoms with van der Waals surface area (Å²) in [5, 5.41) is 9.86. The quantitative estimate of drug-likeness (QED) is 0.882. The molecule has 2 rings (SSSR count). The number of β-amino-alcohol motifs (C(OH)–C–C–N with tert-alkyl or cyclic N) is 1. The Morgan fingerprint density at radius 2 is 2.11 bits per heavy atom. The average Bonchev–Trinajstić information content (AvgIpc) is 2.86. The molecule has 0 aromatic carbocycles. The smallest absolute Gasteiger partial charge is 0.0682 e. The Labute approximate surface area is 114 Å². The first kappa shape index (κ1) is 14.0. The fourth-order valence-electron chi connectivity index (χ4n) is 2.66. The topological polar surface area (TPSA) is 26.7 Å². The number of likely N-dealkylation sites (N-methyl/N-ethyl adjacent to an activating group) is 1. The normalized spacial score (nSPS) is 25.2. The second kappa shape index (κ2) is 6.15. The van der Waals surface area contributed by atoms with E-state index in [4.69, 9.17) is 0 Å². The van der Waals surface area contributed by atoms with Crippen LogP contribution in [0, 0.1) is 0 Å². The lowest BCUT2D eigenvalue weighted by molar-refractivity contribution is 0.170. The van der Waals surface area contributed by atoms with Crippen molar-refractivity contribution in [3.8, 4) is 0 Å². The van der Waals surface area contributed by atoms with Crippen LogP contribution in [0.4, 0.5) is 0 Å². The molecule has 0 aliphatic carbocycles. The van der Waals surface area contributed by atoms with Crippen LogP contribution < -0.4 is 0 Å². The molecule has 0 amide bonds. The number of likely N-dealkylation sites (tertiary alicyclic amines) is 1. The number of hydrogen-bond donors (Lipinski definition) is 1. The maximum Gasteiger partial charge on any atom is 0.0682 e. The zero-order valence-electron chi connectivity index (χ0n) is 11.6. The van der Waals surface area contributed by atoms with Crippen molar-refractivity contribution in [2.75, 3.05) is 27.2 Å². The van der Waals surface area contributed by atoms with Gasteiger partial charge < -0.3 is 10.0 Å². The van der Waals surface area contributed by atoms with Crippen LogP contribution in [0.3, 0.4) is 0 Å². The van der Waals surface area contributed by atoms with Crippen LogP contribution in [0.5, 0.6) is 0 Å². The highest BCUT2D eigenvalue weighted by molar-refractivity contribution is 7.11. The summed E-state index contributed by atoms with van der Waals surface area (Å²) in [4.78, 5) is 7.51. The summed E-state index contributed by atoms with van der Waals surface area (Å²) in [5.41, 5.74) is 0. The monoisotopic (exact) mass is 268 g/mol. The molecule has 0 spiro atoms. The van der Waals surface area contributed by atoms with Crippen LogP contribution >= 0.6 is 11.3 Å². The Hall–Kier alpha value is -0.420. The van der Waals surface area contributed by atoms with E-state index in [0.717, 1.165) is 32.5 Å². The molecule has 3 nitrogen and oxygen atoms in total. The number of aryl methyl sites for hydroxylation is 1. The Kier molecular flexibility index (Phi) is 4.78. The van der Waals surface area contributed by atoms with Gasteiger partial charge in [-0.2, -0.15) is 0 Å². The van der Waals surface area contributed by atoms with Crippen LogP contribution in [-0.4, -0.2) is 54.2 Å².